The van der Waals surface area contributed by atoms with Crippen LogP contribution in [0.15, 0.2) is 18.2 Å². The fourth-order valence-electron chi connectivity index (χ4n) is 3.96. The van der Waals surface area contributed by atoms with Gasteiger partial charge in [0.1, 0.15) is 35.6 Å². The molecular weight excluding hydrogens is 574 g/mol. The maximum Gasteiger partial charge on any atom is 0.514 e. The molecule has 44 heavy (non-hydrogen) atoms. The van der Waals surface area contributed by atoms with Gasteiger partial charge < -0.3 is 38.9 Å². The van der Waals surface area contributed by atoms with Crippen molar-refractivity contribution >= 4 is 24.4 Å². The van der Waals surface area contributed by atoms with Crippen LogP contribution in [0.5, 0.6) is 11.5 Å². The van der Waals surface area contributed by atoms with Crippen molar-refractivity contribution in [3.63, 3.8) is 0 Å². The van der Waals surface area contributed by atoms with Crippen molar-refractivity contribution < 1.29 is 52.3 Å². The number of carbonyl (C=O) groups excluding carboxylic acids is 4. The van der Waals surface area contributed by atoms with Gasteiger partial charge in [-0.3, -0.25) is 4.79 Å². The molecule has 12 nitrogen and oxygen atoms in total. The average Bonchev–Trinajstić information content (AvgIpc) is 2.94. The largest absolute Gasteiger partial charge is 0.514 e. The zero-order valence-corrected chi connectivity index (χ0v) is 27.3. The second-order valence-corrected chi connectivity index (χ2v) is 12.3. The molecule has 1 unspecified atom stereocenters. The van der Waals surface area contributed by atoms with Crippen LogP contribution < -0.4 is 15.2 Å². The molecule has 2 rings (SSSR count). The molecule has 0 bridgehead atoms. The van der Waals surface area contributed by atoms with Crippen LogP contribution in [0.2, 0.25) is 0 Å². The Hall–Kier alpha value is -3.54. The van der Waals surface area contributed by atoms with Gasteiger partial charge in [0.05, 0.1) is 0 Å². The summed E-state index contributed by atoms with van der Waals surface area (Å²) in [5, 5.41) is 0. The third kappa shape index (κ3) is 12.6. The molecule has 0 amide bonds. The number of esters is 1. The van der Waals surface area contributed by atoms with Gasteiger partial charge in [0.2, 0.25) is 0 Å². The Morgan fingerprint density at radius 1 is 0.795 bits per heavy atom. The minimum atomic E-state index is -1.11. The van der Waals surface area contributed by atoms with Crippen molar-refractivity contribution in [2.24, 2.45) is 5.73 Å². The third-order valence-electron chi connectivity index (χ3n) is 7.64. The minimum Gasteiger partial charge on any atom is -0.458 e. The molecular formula is C32H49NO11. The van der Waals surface area contributed by atoms with Gasteiger partial charge in [0.15, 0.2) is 11.5 Å². The smallest absolute Gasteiger partial charge is 0.458 e. The standard InChI is InChI=1S/C32H49NO11/c1-9-31(5,6)43-29(36)41-25-17-16-22(19-26(25)42-30(37)44-32(7,8)10-2)18-24(33)27(34)38-20(3)21(4)39-28(35)40-23-14-12-11-13-15-23/h16-17,19-21,23-24H,9-15,18,33H2,1-8H3/t20-,21?,24-/m0/s1. The van der Waals surface area contributed by atoms with Crippen LogP contribution in [0.4, 0.5) is 14.4 Å². The molecule has 2 N–H and O–H groups in total. The molecule has 1 aliphatic rings. The fraction of sp³-hybridized carbons (Fsp3) is 0.688. The van der Waals surface area contributed by atoms with Crippen molar-refractivity contribution in [3.05, 3.63) is 23.8 Å². The van der Waals surface area contributed by atoms with E-state index in [0.29, 0.717) is 18.4 Å². The predicted molar refractivity (Wildman–Crippen MR) is 161 cm³/mol. The summed E-state index contributed by atoms with van der Waals surface area (Å²) in [6.45, 7) is 13.8. The molecule has 0 saturated heterocycles. The van der Waals surface area contributed by atoms with E-state index in [9.17, 15) is 19.2 Å². The number of benzene rings is 1. The second-order valence-electron chi connectivity index (χ2n) is 12.3. The van der Waals surface area contributed by atoms with E-state index < -0.39 is 53.9 Å². The van der Waals surface area contributed by atoms with Gasteiger partial charge in [-0.15, -0.1) is 0 Å². The molecule has 3 atom stereocenters. The van der Waals surface area contributed by atoms with Gasteiger partial charge in [0, 0.05) is 0 Å². The molecule has 0 spiro atoms. The van der Waals surface area contributed by atoms with Crippen LogP contribution in [-0.2, 0) is 34.9 Å². The minimum absolute atomic E-state index is 0.00995. The lowest BCUT2D eigenvalue weighted by Gasteiger charge is -2.25. The SMILES string of the molecule is CCC(C)(C)OC(=O)Oc1ccc(C[C@H](N)C(=O)O[C@@H](C)C(C)OC(=O)OC2CCCCC2)cc1OC(=O)OC(C)(C)CC. The van der Waals surface area contributed by atoms with Crippen molar-refractivity contribution in [2.75, 3.05) is 0 Å². The van der Waals surface area contributed by atoms with Crippen molar-refractivity contribution in [1.82, 2.24) is 0 Å². The number of rotatable bonds is 13. The van der Waals surface area contributed by atoms with Crippen LogP contribution in [0.1, 0.15) is 106 Å². The van der Waals surface area contributed by atoms with E-state index in [1.54, 1.807) is 47.6 Å². The van der Waals surface area contributed by atoms with Crippen LogP contribution in [0.3, 0.4) is 0 Å². The van der Waals surface area contributed by atoms with Gasteiger partial charge in [-0.2, -0.15) is 0 Å². The Labute approximate surface area is 260 Å². The molecule has 0 radical (unpaired) electrons. The van der Waals surface area contributed by atoms with Crippen molar-refractivity contribution in [1.29, 1.82) is 0 Å². The molecule has 0 aromatic heterocycles. The summed E-state index contributed by atoms with van der Waals surface area (Å²) in [6, 6.07) is 3.26. The summed E-state index contributed by atoms with van der Waals surface area (Å²) >= 11 is 0. The monoisotopic (exact) mass is 623 g/mol. The Balaban J connectivity index is 2.07. The zero-order valence-electron chi connectivity index (χ0n) is 27.3. The summed E-state index contributed by atoms with van der Waals surface area (Å²) in [5.41, 5.74) is 5.05. The van der Waals surface area contributed by atoms with E-state index in [-0.39, 0.29) is 24.0 Å². The van der Waals surface area contributed by atoms with Crippen LogP contribution in [-0.4, -0.2) is 60.0 Å². The topological polar surface area (TPSA) is 159 Å². The van der Waals surface area contributed by atoms with Crippen molar-refractivity contribution in [2.45, 2.75) is 142 Å². The molecule has 1 aromatic carbocycles. The lowest BCUT2D eigenvalue weighted by atomic mass is 9.98. The number of ether oxygens (including phenoxy) is 7. The molecule has 1 aliphatic carbocycles. The number of carbonyl (C=O) groups is 4. The van der Waals surface area contributed by atoms with Crippen molar-refractivity contribution in [3.8, 4) is 11.5 Å². The highest BCUT2D eigenvalue weighted by atomic mass is 16.8. The summed E-state index contributed by atoms with van der Waals surface area (Å²) in [7, 11) is 0. The highest BCUT2D eigenvalue weighted by molar-refractivity contribution is 5.76. The lowest BCUT2D eigenvalue weighted by molar-refractivity contribution is -0.155. The maximum atomic E-state index is 12.8. The molecule has 1 saturated carbocycles. The first kappa shape index (κ1) is 36.7. The average molecular weight is 624 g/mol. The molecule has 1 fully saturated rings. The van der Waals surface area contributed by atoms with Crippen LogP contribution in [0.25, 0.3) is 0 Å². The fourth-order valence-corrected chi connectivity index (χ4v) is 3.96. The van der Waals surface area contributed by atoms with Gasteiger partial charge in [0.25, 0.3) is 0 Å². The molecule has 1 aromatic rings. The lowest BCUT2D eigenvalue weighted by Crippen LogP contribution is -2.39. The van der Waals surface area contributed by atoms with Gasteiger partial charge in [-0.05, 0) is 104 Å². The van der Waals surface area contributed by atoms with E-state index in [4.69, 9.17) is 38.9 Å². The van der Waals surface area contributed by atoms with E-state index in [1.807, 2.05) is 13.8 Å². The Morgan fingerprint density at radius 2 is 1.32 bits per heavy atom. The van der Waals surface area contributed by atoms with E-state index >= 15 is 0 Å². The molecule has 0 heterocycles. The first-order chi connectivity index (χ1) is 20.5. The third-order valence-corrected chi connectivity index (χ3v) is 7.64. The predicted octanol–water partition coefficient (Wildman–Crippen LogP) is 6.77. The molecule has 0 aliphatic heterocycles. The van der Waals surface area contributed by atoms with Crippen LogP contribution >= 0.6 is 0 Å². The highest BCUT2D eigenvalue weighted by Crippen LogP contribution is 2.31. The van der Waals surface area contributed by atoms with Gasteiger partial charge >= 0.3 is 24.4 Å². The number of hydrogen-bond acceptors (Lipinski definition) is 12. The first-order valence-corrected chi connectivity index (χ1v) is 15.3. The summed E-state index contributed by atoms with van der Waals surface area (Å²) < 4.78 is 37.6. The summed E-state index contributed by atoms with van der Waals surface area (Å²) in [5.74, 6) is -0.947. The maximum absolute atomic E-state index is 12.8. The van der Waals surface area contributed by atoms with E-state index in [1.165, 1.54) is 12.1 Å². The number of hydrogen-bond donors (Lipinski definition) is 1. The summed E-state index contributed by atoms with van der Waals surface area (Å²) in [4.78, 5) is 49.9. The second kappa shape index (κ2) is 16.5. The van der Waals surface area contributed by atoms with Gasteiger partial charge in [-0.1, -0.05) is 26.3 Å². The molecule has 248 valence electrons. The first-order valence-electron chi connectivity index (χ1n) is 15.3. The van der Waals surface area contributed by atoms with Gasteiger partial charge in [-0.25, -0.2) is 14.4 Å². The van der Waals surface area contributed by atoms with E-state index in [2.05, 4.69) is 0 Å². The normalized spacial score (nSPS) is 16.1. The van der Waals surface area contributed by atoms with E-state index in [0.717, 1.165) is 32.1 Å². The molecule has 12 heteroatoms. The van der Waals surface area contributed by atoms with Crippen LogP contribution in [0, 0.1) is 0 Å². The highest BCUT2D eigenvalue weighted by Gasteiger charge is 2.28. The zero-order chi connectivity index (χ0) is 33.1. The summed E-state index contributed by atoms with van der Waals surface area (Å²) in [6.07, 6.45) is 1.32. The number of nitrogens with two attached hydrogens (primary N) is 1. The Bertz CT molecular complexity index is 1130. The quantitative estimate of drug-likeness (QED) is 0.140. The Kier molecular flexibility index (Phi) is 13.8. The Morgan fingerprint density at radius 3 is 1.86 bits per heavy atom.